The molecule has 8 nitrogen and oxygen atoms in total. The first-order valence-electron chi connectivity index (χ1n) is 10.4. The van der Waals surface area contributed by atoms with Crippen molar-refractivity contribution < 1.29 is 10.2 Å². The second-order valence-electron chi connectivity index (χ2n) is 8.04. The maximum atomic E-state index is 10.5. The molecule has 3 N–H and O–H groups in total. The molecule has 0 amide bonds. The first kappa shape index (κ1) is 18.7. The Labute approximate surface area is 174 Å². The van der Waals surface area contributed by atoms with Crippen LogP contribution in [0.3, 0.4) is 0 Å². The fourth-order valence-electron chi connectivity index (χ4n) is 4.09. The number of phenolic OH excluding ortho intramolecular Hbond substituents is 1. The molecule has 2 aliphatic rings. The number of aromatic nitrogens is 4. The molecule has 2 aromatic heterocycles. The van der Waals surface area contributed by atoms with Gasteiger partial charge in [0.05, 0.1) is 11.9 Å². The molecule has 0 bridgehead atoms. The lowest BCUT2D eigenvalue weighted by Gasteiger charge is -2.29. The average Bonchev–Trinajstić information content (AvgIpc) is 3.20. The Morgan fingerprint density at radius 3 is 2.50 bits per heavy atom. The van der Waals surface area contributed by atoms with Crippen molar-refractivity contribution >= 4 is 5.82 Å². The zero-order chi connectivity index (χ0) is 20.5. The average molecular weight is 404 g/mol. The first-order chi connectivity index (χ1) is 14.7. The standard InChI is InChI=1S/C22H24N6O2/c29-20-10-14(15-11-22(30)27-23-12-15)4-5-18(20)19-6-7-21(26-25-19)28-9-8-17(13-28)24-16-2-1-3-16/h4-7,10-12,16-17,24,29H,1-3,8-9,13H2,(H,27,30)/t17-/m0/s1. The molecule has 3 heterocycles. The molecule has 8 heteroatoms. The number of hydrogen-bond donors (Lipinski definition) is 3. The molecule has 0 spiro atoms. The van der Waals surface area contributed by atoms with Crippen molar-refractivity contribution in [3.63, 3.8) is 0 Å². The maximum absolute atomic E-state index is 10.5. The Morgan fingerprint density at radius 2 is 1.80 bits per heavy atom. The van der Waals surface area contributed by atoms with Gasteiger partial charge in [-0.3, -0.25) is 0 Å². The SMILES string of the molecule is Oc1cc(-c2ccc(-c3ccc(N4CC[C@H](NC5CCC5)C4)nn3)c(O)c2)cnn1. The van der Waals surface area contributed by atoms with E-state index in [-0.39, 0.29) is 11.6 Å². The molecule has 1 aromatic carbocycles. The van der Waals surface area contributed by atoms with Crippen LogP contribution in [0.2, 0.25) is 0 Å². The fourth-order valence-corrected chi connectivity index (χ4v) is 4.09. The highest BCUT2D eigenvalue weighted by Gasteiger charge is 2.27. The summed E-state index contributed by atoms with van der Waals surface area (Å²) >= 11 is 0. The number of rotatable bonds is 5. The monoisotopic (exact) mass is 404 g/mol. The minimum absolute atomic E-state index is 0.0942. The third-order valence-corrected chi connectivity index (χ3v) is 5.99. The van der Waals surface area contributed by atoms with Gasteiger partial charge >= 0.3 is 0 Å². The topological polar surface area (TPSA) is 107 Å². The van der Waals surface area contributed by atoms with Crippen LogP contribution < -0.4 is 10.2 Å². The second kappa shape index (κ2) is 7.87. The van der Waals surface area contributed by atoms with Crippen LogP contribution in [-0.2, 0) is 0 Å². The molecule has 2 fully saturated rings. The van der Waals surface area contributed by atoms with E-state index in [9.17, 15) is 10.2 Å². The number of hydrogen-bond acceptors (Lipinski definition) is 8. The quantitative estimate of drug-likeness (QED) is 0.596. The zero-order valence-electron chi connectivity index (χ0n) is 16.6. The summed E-state index contributed by atoms with van der Waals surface area (Å²) in [5.41, 5.74) is 2.62. The van der Waals surface area contributed by atoms with Gasteiger partial charge in [0.1, 0.15) is 5.75 Å². The summed E-state index contributed by atoms with van der Waals surface area (Å²) in [5, 5.41) is 39.8. The van der Waals surface area contributed by atoms with Crippen LogP contribution in [0.15, 0.2) is 42.6 Å². The summed E-state index contributed by atoms with van der Waals surface area (Å²) in [6.07, 6.45) is 6.60. The summed E-state index contributed by atoms with van der Waals surface area (Å²) in [7, 11) is 0. The van der Waals surface area contributed by atoms with Gasteiger partial charge in [-0.25, -0.2) is 0 Å². The van der Waals surface area contributed by atoms with Crippen LogP contribution in [0.5, 0.6) is 11.6 Å². The third kappa shape index (κ3) is 3.78. The normalized spacial score (nSPS) is 19.1. The largest absolute Gasteiger partial charge is 0.507 e. The number of benzene rings is 1. The summed E-state index contributed by atoms with van der Waals surface area (Å²) in [6.45, 7) is 1.93. The molecule has 30 heavy (non-hydrogen) atoms. The van der Waals surface area contributed by atoms with E-state index in [1.165, 1.54) is 31.5 Å². The molecule has 3 aromatic rings. The van der Waals surface area contributed by atoms with Crippen molar-refractivity contribution in [2.45, 2.75) is 37.8 Å². The van der Waals surface area contributed by atoms with E-state index in [2.05, 4.69) is 30.6 Å². The Bertz CT molecular complexity index is 1040. The summed E-state index contributed by atoms with van der Waals surface area (Å²) in [6, 6.07) is 11.8. The summed E-state index contributed by atoms with van der Waals surface area (Å²) in [4.78, 5) is 2.26. The van der Waals surface area contributed by atoms with Crippen molar-refractivity contribution in [1.82, 2.24) is 25.7 Å². The fraction of sp³-hybridized carbons (Fsp3) is 0.364. The zero-order valence-corrected chi connectivity index (χ0v) is 16.6. The van der Waals surface area contributed by atoms with Crippen LogP contribution in [0.4, 0.5) is 5.82 Å². The van der Waals surface area contributed by atoms with Crippen LogP contribution in [0.1, 0.15) is 25.7 Å². The van der Waals surface area contributed by atoms with E-state index < -0.39 is 0 Å². The van der Waals surface area contributed by atoms with E-state index >= 15 is 0 Å². The van der Waals surface area contributed by atoms with Crippen molar-refractivity contribution in [2.24, 2.45) is 0 Å². The number of phenols is 1. The van der Waals surface area contributed by atoms with Gasteiger partial charge in [0, 0.05) is 42.4 Å². The highest BCUT2D eigenvalue weighted by Crippen LogP contribution is 2.33. The summed E-state index contributed by atoms with van der Waals surface area (Å²) in [5.74, 6) is 0.799. The Morgan fingerprint density at radius 1 is 0.900 bits per heavy atom. The van der Waals surface area contributed by atoms with Crippen molar-refractivity contribution in [3.8, 4) is 34.0 Å². The number of nitrogens with zero attached hydrogens (tertiary/aromatic N) is 5. The molecule has 1 atom stereocenters. The van der Waals surface area contributed by atoms with Gasteiger partial charge in [-0.1, -0.05) is 12.5 Å². The van der Waals surface area contributed by atoms with Crippen molar-refractivity contribution in [2.75, 3.05) is 18.0 Å². The lowest BCUT2D eigenvalue weighted by molar-refractivity contribution is 0.311. The summed E-state index contributed by atoms with van der Waals surface area (Å²) < 4.78 is 0. The minimum Gasteiger partial charge on any atom is -0.507 e. The number of nitrogens with one attached hydrogen (secondary N) is 1. The lowest BCUT2D eigenvalue weighted by Crippen LogP contribution is -2.43. The number of aromatic hydroxyl groups is 2. The van der Waals surface area contributed by atoms with E-state index in [4.69, 9.17) is 0 Å². The molecule has 1 aliphatic carbocycles. The van der Waals surface area contributed by atoms with E-state index in [0.29, 0.717) is 28.9 Å². The third-order valence-electron chi connectivity index (χ3n) is 5.99. The van der Waals surface area contributed by atoms with E-state index in [1.54, 1.807) is 12.1 Å². The van der Waals surface area contributed by atoms with Crippen molar-refractivity contribution in [1.29, 1.82) is 0 Å². The second-order valence-corrected chi connectivity index (χ2v) is 8.04. The van der Waals surface area contributed by atoms with Gasteiger partial charge < -0.3 is 20.4 Å². The predicted molar refractivity (Wildman–Crippen MR) is 113 cm³/mol. The first-order valence-corrected chi connectivity index (χ1v) is 10.4. The van der Waals surface area contributed by atoms with Gasteiger partial charge in [-0.15, -0.1) is 15.3 Å². The van der Waals surface area contributed by atoms with Crippen molar-refractivity contribution in [3.05, 3.63) is 42.6 Å². The highest BCUT2D eigenvalue weighted by atomic mass is 16.3. The Hall–Kier alpha value is -3.26. The highest BCUT2D eigenvalue weighted by molar-refractivity contribution is 5.74. The maximum Gasteiger partial charge on any atom is 0.231 e. The number of anilines is 1. The molecule has 1 saturated heterocycles. The molecule has 0 unspecified atom stereocenters. The Balaban J connectivity index is 1.29. The van der Waals surface area contributed by atoms with Gasteiger partial charge in [0.25, 0.3) is 0 Å². The predicted octanol–water partition coefficient (Wildman–Crippen LogP) is 2.73. The molecule has 0 radical (unpaired) electrons. The van der Waals surface area contributed by atoms with Crippen LogP contribution >= 0.6 is 0 Å². The van der Waals surface area contributed by atoms with Crippen LogP contribution in [0.25, 0.3) is 22.4 Å². The molecule has 1 saturated carbocycles. The smallest absolute Gasteiger partial charge is 0.231 e. The van der Waals surface area contributed by atoms with Crippen LogP contribution in [-0.4, -0.2) is 55.8 Å². The van der Waals surface area contributed by atoms with E-state index in [0.717, 1.165) is 30.9 Å². The van der Waals surface area contributed by atoms with Gasteiger partial charge in [-0.05, 0) is 49.1 Å². The van der Waals surface area contributed by atoms with Gasteiger partial charge in [0.15, 0.2) is 5.82 Å². The Kier molecular flexibility index (Phi) is 4.92. The molecule has 1 aliphatic heterocycles. The molecular weight excluding hydrogens is 380 g/mol. The van der Waals surface area contributed by atoms with Gasteiger partial charge in [-0.2, -0.15) is 5.10 Å². The van der Waals surface area contributed by atoms with Crippen LogP contribution in [0, 0.1) is 0 Å². The molecule has 5 rings (SSSR count). The minimum atomic E-state index is -0.162. The van der Waals surface area contributed by atoms with Gasteiger partial charge in [0.2, 0.25) is 5.88 Å². The lowest BCUT2D eigenvalue weighted by atomic mass is 9.92. The van der Waals surface area contributed by atoms with E-state index in [1.807, 2.05) is 18.2 Å². The molecule has 154 valence electrons. The molecular formula is C22H24N6O2.